The second-order valence-corrected chi connectivity index (χ2v) is 6.55. The lowest BCUT2D eigenvalue weighted by Gasteiger charge is -2.34. The molecule has 0 aromatic carbocycles. The van der Waals surface area contributed by atoms with Crippen molar-refractivity contribution in [3.63, 3.8) is 0 Å². The molecule has 6 heteroatoms. The summed E-state index contributed by atoms with van der Waals surface area (Å²) < 4.78 is 28.1. The van der Waals surface area contributed by atoms with Gasteiger partial charge in [-0.05, 0) is 19.8 Å². The maximum Gasteiger partial charge on any atom is 0.282 e. The summed E-state index contributed by atoms with van der Waals surface area (Å²) in [7, 11) is -3.25. The number of nitrogens with zero attached hydrogens (tertiary/aromatic N) is 2. The number of hydrogen-bond acceptors (Lipinski definition) is 3. The molecule has 0 bridgehead atoms. The molecule has 1 atom stereocenters. The van der Waals surface area contributed by atoms with Gasteiger partial charge in [0.1, 0.15) is 0 Å². The minimum absolute atomic E-state index is 0.239. The lowest BCUT2D eigenvalue weighted by molar-refractivity contribution is 0.279. The Morgan fingerprint density at radius 3 is 2.35 bits per heavy atom. The summed E-state index contributed by atoms with van der Waals surface area (Å²) in [5.41, 5.74) is 0. The van der Waals surface area contributed by atoms with E-state index in [1.54, 1.807) is 8.61 Å². The molecule has 0 aromatic rings. The minimum atomic E-state index is -3.25. The van der Waals surface area contributed by atoms with Gasteiger partial charge >= 0.3 is 0 Å². The van der Waals surface area contributed by atoms with Crippen LogP contribution in [-0.4, -0.2) is 55.8 Å². The fraction of sp³-hybridized carbons (Fsp3) is 1.00. The van der Waals surface area contributed by atoms with Crippen LogP contribution in [0.5, 0.6) is 0 Å². The average Bonchev–Trinajstić information content (AvgIpc) is 2.29. The quantitative estimate of drug-likeness (QED) is 0.765. The summed E-state index contributed by atoms with van der Waals surface area (Å²) in [6.45, 7) is 9.18. The molecule has 1 aliphatic rings. The molecule has 0 saturated carbocycles. The van der Waals surface area contributed by atoms with Crippen molar-refractivity contribution in [2.75, 3.05) is 32.7 Å². The van der Waals surface area contributed by atoms with Crippen molar-refractivity contribution in [1.29, 1.82) is 0 Å². The van der Waals surface area contributed by atoms with Gasteiger partial charge in [-0.1, -0.05) is 13.8 Å². The maximum atomic E-state index is 12.4. The SMILES string of the molecule is CCCN(CCC)S(=O)(=O)N1CCN[C@@H](C)C1. The molecular weight excluding hydrogens is 238 g/mol. The van der Waals surface area contributed by atoms with Gasteiger partial charge in [0.25, 0.3) is 10.2 Å². The van der Waals surface area contributed by atoms with Gasteiger partial charge in [-0.15, -0.1) is 0 Å². The Hall–Kier alpha value is -0.170. The highest BCUT2D eigenvalue weighted by molar-refractivity contribution is 7.86. The first-order valence-electron chi connectivity index (χ1n) is 6.51. The molecule has 1 saturated heterocycles. The largest absolute Gasteiger partial charge is 0.312 e. The molecule has 0 amide bonds. The number of piperazine rings is 1. The predicted octanol–water partition coefficient (Wildman–Crippen LogP) is 0.647. The molecule has 1 rings (SSSR count). The van der Waals surface area contributed by atoms with E-state index in [-0.39, 0.29) is 6.04 Å². The number of hydrogen-bond donors (Lipinski definition) is 1. The minimum Gasteiger partial charge on any atom is -0.312 e. The van der Waals surface area contributed by atoms with Crippen molar-refractivity contribution in [1.82, 2.24) is 13.9 Å². The Morgan fingerprint density at radius 1 is 1.29 bits per heavy atom. The first-order valence-corrected chi connectivity index (χ1v) is 7.90. The molecule has 1 N–H and O–H groups in total. The Labute approximate surface area is 105 Å². The van der Waals surface area contributed by atoms with E-state index >= 15 is 0 Å². The van der Waals surface area contributed by atoms with Gasteiger partial charge < -0.3 is 5.32 Å². The molecule has 0 radical (unpaired) electrons. The summed E-state index contributed by atoms with van der Waals surface area (Å²) in [5.74, 6) is 0. The van der Waals surface area contributed by atoms with Gasteiger partial charge in [-0.3, -0.25) is 0 Å². The smallest absolute Gasteiger partial charge is 0.282 e. The van der Waals surface area contributed by atoms with Crippen LogP contribution in [0.1, 0.15) is 33.6 Å². The van der Waals surface area contributed by atoms with Gasteiger partial charge in [-0.25, -0.2) is 0 Å². The monoisotopic (exact) mass is 263 g/mol. The summed E-state index contributed by atoms with van der Waals surface area (Å²) in [6, 6.07) is 0.239. The van der Waals surface area contributed by atoms with Gasteiger partial charge in [0.2, 0.25) is 0 Å². The molecule has 1 aliphatic heterocycles. The van der Waals surface area contributed by atoms with Crippen LogP contribution in [0, 0.1) is 0 Å². The van der Waals surface area contributed by atoms with E-state index in [0.717, 1.165) is 19.4 Å². The zero-order valence-electron chi connectivity index (χ0n) is 11.1. The van der Waals surface area contributed by atoms with Crippen LogP contribution < -0.4 is 5.32 Å². The fourth-order valence-corrected chi connectivity index (χ4v) is 4.00. The van der Waals surface area contributed by atoms with Crippen molar-refractivity contribution < 1.29 is 8.42 Å². The number of rotatable bonds is 6. The van der Waals surface area contributed by atoms with E-state index in [1.807, 2.05) is 20.8 Å². The molecule has 0 aromatic heterocycles. The highest BCUT2D eigenvalue weighted by atomic mass is 32.2. The standard InChI is InChI=1S/C11H25N3O2S/c1-4-7-13(8-5-2)17(15,16)14-9-6-12-11(3)10-14/h11-12H,4-10H2,1-3H3/t11-/m0/s1. The van der Waals surface area contributed by atoms with E-state index < -0.39 is 10.2 Å². The van der Waals surface area contributed by atoms with Crippen molar-refractivity contribution in [2.24, 2.45) is 0 Å². The maximum absolute atomic E-state index is 12.4. The molecule has 0 spiro atoms. The summed E-state index contributed by atoms with van der Waals surface area (Å²) in [5, 5.41) is 3.26. The van der Waals surface area contributed by atoms with Crippen LogP contribution in [0.2, 0.25) is 0 Å². The third kappa shape index (κ3) is 3.91. The predicted molar refractivity (Wildman–Crippen MR) is 70.1 cm³/mol. The molecule has 1 heterocycles. The third-order valence-corrected chi connectivity index (χ3v) is 4.93. The van der Waals surface area contributed by atoms with E-state index in [9.17, 15) is 8.42 Å². The molecule has 0 aliphatic carbocycles. The fourth-order valence-electron chi connectivity index (χ4n) is 2.11. The van der Waals surface area contributed by atoms with Crippen LogP contribution >= 0.6 is 0 Å². The van der Waals surface area contributed by atoms with Crippen LogP contribution in [0.15, 0.2) is 0 Å². The molecular formula is C11H25N3O2S. The topological polar surface area (TPSA) is 52.7 Å². The third-order valence-electron chi connectivity index (χ3n) is 2.93. The van der Waals surface area contributed by atoms with Crippen molar-refractivity contribution in [2.45, 2.75) is 39.7 Å². The summed E-state index contributed by atoms with van der Waals surface area (Å²) >= 11 is 0. The second-order valence-electron chi connectivity index (χ2n) is 4.62. The van der Waals surface area contributed by atoms with E-state index in [1.165, 1.54) is 0 Å². The normalized spacial score (nSPS) is 23.2. The van der Waals surface area contributed by atoms with E-state index in [4.69, 9.17) is 0 Å². The van der Waals surface area contributed by atoms with Gasteiger partial charge in [0.15, 0.2) is 0 Å². The molecule has 5 nitrogen and oxygen atoms in total. The van der Waals surface area contributed by atoms with Crippen LogP contribution in [0.3, 0.4) is 0 Å². The second kappa shape index (κ2) is 6.68. The number of nitrogens with one attached hydrogen (secondary N) is 1. The lowest BCUT2D eigenvalue weighted by atomic mass is 10.3. The zero-order valence-corrected chi connectivity index (χ0v) is 12.0. The Kier molecular flexibility index (Phi) is 5.85. The average molecular weight is 263 g/mol. The molecule has 17 heavy (non-hydrogen) atoms. The van der Waals surface area contributed by atoms with Gasteiger partial charge in [0, 0.05) is 38.8 Å². The highest BCUT2D eigenvalue weighted by Gasteiger charge is 2.31. The summed E-state index contributed by atoms with van der Waals surface area (Å²) in [6.07, 6.45) is 1.72. The van der Waals surface area contributed by atoms with E-state index in [2.05, 4.69) is 5.32 Å². The summed E-state index contributed by atoms with van der Waals surface area (Å²) in [4.78, 5) is 0. The molecule has 1 fully saturated rings. The van der Waals surface area contributed by atoms with Crippen LogP contribution in [-0.2, 0) is 10.2 Å². The van der Waals surface area contributed by atoms with Gasteiger partial charge in [-0.2, -0.15) is 17.0 Å². The first kappa shape index (κ1) is 14.9. The lowest BCUT2D eigenvalue weighted by Crippen LogP contribution is -2.55. The Morgan fingerprint density at radius 2 is 1.88 bits per heavy atom. The van der Waals surface area contributed by atoms with E-state index in [0.29, 0.717) is 26.2 Å². The van der Waals surface area contributed by atoms with Crippen LogP contribution in [0.4, 0.5) is 0 Å². The van der Waals surface area contributed by atoms with Crippen LogP contribution in [0.25, 0.3) is 0 Å². The molecule has 102 valence electrons. The van der Waals surface area contributed by atoms with Crippen molar-refractivity contribution in [3.05, 3.63) is 0 Å². The zero-order chi connectivity index (χ0) is 12.9. The highest BCUT2D eigenvalue weighted by Crippen LogP contribution is 2.12. The Bertz CT molecular complexity index is 302. The first-order chi connectivity index (χ1) is 8.02. The van der Waals surface area contributed by atoms with Crippen molar-refractivity contribution >= 4 is 10.2 Å². The van der Waals surface area contributed by atoms with Crippen molar-refractivity contribution in [3.8, 4) is 0 Å². The molecule has 0 unspecified atom stereocenters. The Balaban J connectivity index is 2.75. The van der Waals surface area contributed by atoms with Gasteiger partial charge in [0.05, 0.1) is 0 Å².